The third-order valence-electron chi connectivity index (χ3n) is 3.29. The molecule has 0 unspecified atom stereocenters. The number of benzene rings is 1. The fraction of sp³-hybridized carbons (Fsp3) is 0.500. The number of nitrogens with two attached hydrogens (primary N) is 1. The summed E-state index contributed by atoms with van der Waals surface area (Å²) in [5.41, 5.74) is 5.79. The van der Waals surface area contributed by atoms with Crippen LogP contribution in [-0.2, 0) is 0 Å². The van der Waals surface area contributed by atoms with Crippen LogP contribution < -0.4 is 11.1 Å². The molecule has 1 aromatic rings. The molecule has 0 fully saturated rings. The van der Waals surface area contributed by atoms with Crippen LogP contribution in [0.3, 0.4) is 0 Å². The van der Waals surface area contributed by atoms with Crippen molar-refractivity contribution in [3.63, 3.8) is 0 Å². The largest absolute Gasteiger partial charge is 0.409 e. The van der Waals surface area contributed by atoms with Crippen LogP contribution >= 0.6 is 15.9 Å². The molecule has 0 amide bonds. The maximum Gasteiger partial charge on any atom is 0.147 e. The molecule has 0 saturated carbocycles. The lowest BCUT2D eigenvalue weighted by Gasteiger charge is -2.22. The van der Waals surface area contributed by atoms with Gasteiger partial charge in [0, 0.05) is 16.4 Å². The van der Waals surface area contributed by atoms with Gasteiger partial charge in [0.1, 0.15) is 11.7 Å². The molecule has 0 aliphatic carbocycles. The van der Waals surface area contributed by atoms with Crippen LogP contribution in [0.1, 0.15) is 33.1 Å². The molecular weight excluding hydrogens is 325 g/mol. The molecule has 1 rings (SSSR count). The average molecular weight is 346 g/mol. The van der Waals surface area contributed by atoms with Gasteiger partial charge in [-0.1, -0.05) is 31.5 Å². The van der Waals surface area contributed by atoms with E-state index in [-0.39, 0.29) is 17.1 Å². The van der Waals surface area contributed by atoms with Gasteiger partial charge in [0.25, 0.3) is 0 Å². The maximum absolute atomic E-state index is 13.5. The highest BCUT2D eigenvalue weighted by Gasteiger charge is 2.22. The molecular formula is C14H21BrFN3O. The van der Waals surface area contributed by atoms with Gasteiger partial charge in [-0.25, -0.2) is 4.39 Å². The molecule has 20 heavy (non-hydrogen) atoms. The van der Waals surface area contributed by atoms with E-state index in [1.807, 2.05) is 13.8 Å². The molecule has 1 aromatic carbocycles. The Bertz CT molecular complexity index is 457. The SMILES string of the molecule is CC(C)(CCCCNc1c(F)cccc1Br)/C(N)=N/O. The number of para-hydroxylation sites is 1. The van der Waals surface area contributed by atoms with E-state index in [2.05, 4.69) is 26.4 Å². The summed E-state index contributed by atoms with van der Waals surface area (Å²) in [5, 5.41) is 14.8. The number of oxime groups is 1. The summed E-state index contributed by atoms with van der Waals surface area (Å²) in [4.78, 5) is 0. The molecule has 0 spiro atoms. The Labute approximate surface area is 127 Å². The Kier molecular flexibility index (Phi) is 6.26. The normalized spacial score (nSPS) is 12.5. The second kappa shape index (κ2) is 7.47. The van der Waals surface area contributed by atoms with Crippen molar-refractivity contribution in [1.29, 1.82) is 0 Å². The van der Waals surface area contributed by atoms with Gasteiger partial charge in [-0.05, 0) is 40.9 Å². The van der Waals surface area contributed by atoms with E-state index >= 15 is 0 Å². The predicted molar refractivity (Wildman–Crippen MR) is 83.6 cm³/mol. The molecule has 112 valence electrons. The number of halogens is 2. The highest BCUT2D eigenvalue weighted by molar-refractivity contribution is 9.10. The Hall–Kier alpha value is -1.30. The third kappa shape index (κ3) is 4.67. The number of nitrogens with one attached hydrogen (secondary N) is 1. The first kappa shape index (κ1) is 16.8. The molecule has 6 heteroatoms. The van der Waals surface area contributed by atoms with Gasteiger partial charge in [-0.3, -0.25) is 0 Å². The van der Waals surface area contributed by atoms with Gasteiger partial charge >= 0.3 is 0 Å². The van der Waals surface area contributed by atoms with Crippen LogP contribution in [0.4, 0.5) is 10.1 Å². The number of hydrogen-bond donors (Lipinski definition) is 3. The zero-order valence-corrected chi connectivity index (χ0v) is 13.4. The lowest BCUT2D eigenvalue weighted by Crippen LogP contribution is -2.31. The Morgan fingerprint density at radius 2 is 2.15 bits per heavy atom. The molecule has 0 radical (unpaired) electrons. The quantitative estimate of drug-likeness (QED) is 0.230. The monoisotopic (exact) mass is 345 g/mol. The molecule has 0 aromatic heterocycles. The van der Waals surface area contributed by atoms with E-state index in [4.69, 9.17) is 10.9 Å². The lowest BCUT2D eigenvalue weighted by molar-refractivity contribution is 0.304. The molecule has 0 aliphatic rings. The van der Waals surface area contributed by atoms with Crippen molar-refractivity contribution in [3.8, 4) is 0 Å². The van der Waals surface area contributed by atoms with Crippen molar-refractivity contribution >= 4 is 27.5 Å². The van der Waals surface area contributed by atoms with Gasteiger partial charge in [-0.2, -0.15) is 0 Å². The molecule has 4 N–H and O–H groups in total. The molecule has 0 aliphatic heterocycles. The van der Waals surface area contributed by atoms with Crippen LogP contribution in [0.25, 0.3) is 0 Å². The summed E-state index contributed by atoms with van der Waals surface area (Å²) in [7, 11) is 0. The number of nitrogens with zero attached hydrogens (tertiary/aromatic N) is 1. The molecule has 0 atom stereocenters. The van der Waals surface area contributed by atoms with Crippen molar-refractivity contribution in [1.82, 2.24) is 0 Å². The van der Waals surface area contributed by atoms with E-state index < -0.39 is 0 Å². The summed E-state index contributed by atoms with van der Waals surface area (Å²) in [6.07, 6.45) is 2.59. The van der Waals surface area contributed by atoms with Crippen LogP contribution in [0, 0.1) is 11.2 Å². The minimum atomic E-state index is -0.326. The van der Waals surface area contributed by atoms with Crippen LogP contribution in [0.2, 0.25) is 0 Å². The van der Waals surface area contributed by atoms with E-state index in [1.165, 1.54) is 6.07 Å². The summed E-state index contributed by atoms with van der Waals surface area (Å²) in [6, 6.07) is 4.88. The first-order valence-corrected chi connectivity index (χ1v) is 7.33. The summed E-state index contributed by atoms with van der Waals surface area (Å²) >= 11 is 3.31. The van der Waals surface area contributed by atoms with E-state index in [0.717, 1.165) is 23.7 Å². The minimum Gasteiger partial charge on any atom is -0.409 e. The van der Waals surface area contributed by atoms with E-state index in [0.29, 0.717) is 12.2 Å². The summed E-state index contributed by atoms with van der Waals surface area (Å²) in [5.74, 6) is -0.0290. The first-order chi connectivity index (χ1) is 9.38. The molecule has 0 saturated heterocycles. The van der Waals surface area contributed by atoms with Crippen LogP contribution in [-0.4, -0.2) is 17.6 Å². The number of anilines is 1. The Balaban J connectivity index is 2.36. The van der Waals surface area contributed by atoms with Crippen LogP contribution in [0.5, 0.6) is 0 Å². The summed E-state index contributed by atoms with van der Waals surface area (Å²) in [6.45, 7) is 4.54. The second-order valence-corrected chi connectivity index (χ2v) is 6.20. The standard InChI is InChI=1S/C14H21BrFN3O/c1-14(2,13(17)19-20)8-3-4-9-18-12-10(15)6-5-7-11(12)16/h5-7,18,20H,3-4,8-9H2,1-2H3,(H2,17,19). The van der Waals surface area contributed by atoms with Gasteiger partial charge in [0.2, 0.25) is 0 Å². The molecule has 4 nitrogen and oxygen atoms in total. The van der Waals surface area contributed by atoms with Gasteiger partial charge < -0.3 is 16.3 Å². The minimum absolute atomic E-state index is 0.238. The number of hydrogen-bond acceptors (Lipinski definition) is 3. The Morgan fingerprint density at radius 3 is 2.75 bits per heavy atom. The predicted octanol–water partition coefficient (Wildman–Crippen LogP) is 3.94. The van der Waals surface area contributed by atoms with Gasteiger partial charge in [-0.15, -0.1) is 0 Å². The zero-order valence-electron chi connectivity index (χ0n) is 11.8. The highest BCUT2D eigenvalue weighted by Crippen LogP contribution is 2.26. The Morgan fingerprint density at radius 1 is 1.45 bits per heavy atom. The van der Waals surface area contributed by atoms with Crippen molar-refractivity contribution in [2.75, 3.05) is 11.9 Å². The first-order valence-electron chi connectivity index (χ1n) is 6.54. The summed E-state index contributed by atoms with van der Waals surface area (Å²) < 4.78 is 14.3. The fourth-order valence-corrected chi connectivity index (χ4v) is 2.32. The van der Waals surface area contributed by atoms with Crippen molar-refractivity contribution in [3.05, 3.63) is 28.5 Å². The van der Waals surface area contributed by atoms with Crippen molar-refractivity contribution < 1.29 is 9.60 Å². The van der Waals surface area contributed by atoms with E-state index in [1.54, 1.807) is 12.1 Å². The number of unbranched alkanes of at least 4 members (excludes halogenated alkanes) is 1. The number of amidine groups is 1. The fourth-order valence-electron chi connectivity index (χ4n) is 1.84. The van der Waals surface area contributed by atoms with Crippen molar-refractivity contribution in [2.24, 2.45) is 16.3 Å². The highest BCUT2D eigenvalue weighted by atomic mass is 79.9. The lowest BCUT2D eigenvalue weighted by atomic mass is 9.86. The zero-order chi connectivity index (χ0) is 15.2. The van der Waals surface area contributed by atoms with Gasteiger partial charge in [0.05, 0.1) is 5.69 Å². The smallest absolute Gasteiger partial charge is 0.147 e. The second-order valence-electron chi connectivity index (χ2n) is 5.35. The molecule has 0 bridgehead atoms. The van der Waals surface area contributed by atoms with Crippen LogP contribution in [0.15, 0.2) is 27.8 Å². The topological polar surface area (TPSA) is 70.6 Å². The van der Waals surface area contributed by atoms with E-state index in [9.17, 15) is 4.39 Å². The number of rotatable bonds is 7. The average Bonchev–Trinajstić information content (AvgIpc) is 2.40. The van der Waals surface area contributed by atoms with Gasteiger partial charge in [0.15, 0.2) is 0 Å². The molecule has 0 heterocycles. The van der Waals surface area contributed by atoms with Crippen molar-refractivity contribution in [2.45, 2.75) is 33.1 Å². The maximum atomic E-state index is 13.5. The third-order valence-corrected chi connectivity index (χ3v) is 3.96.